The molecule has 5 nitrogen and oxygen atoms in total. The van der Waals surface area contributed by atoms with Crippen molar-refractivity contribution in [3.05, 3.63) is 35.4 Å². The van der Waals surface area contributed by atoms with Crippen LogP contribution in [0.4, 0.5) is 13.2 Å². The van der Waals surface area contributed by atoms with Crippen LogP contribution in [-0.4, -0.2) is 17.9 Å². The van der Waals surface area contributed by atoms with E-state index in [1.165, 1.54) is 19.1 Å². The Morgan fingerprint density at radius 3 is 2.48 bits per heavy atom. The summed E-state index contributed by atoms with van der Waals surface area (Å²) >= 11 is 0. The number of carbonyl (C=O) groups is 2. The minimum Gasteiger partial charge on any atom is -0.370 e. The van der Waals surface area contributed by atoms with E-state index < -0.39 is 35.6 Å². The van der Waals surface area contributed by atoms with Crippen LogP contribution in [0, 0.1) is 0 Å². The third-order valence-corrected chi connectivity index (χ3v) is 2.83. The van der Waals surface area contributed by atoms with Gasteiger partial charge in [-0.15, -0.1) is 0 Å². The van der Waals surface area contributed by atoms with Crippen LogP contribution in [0.5, 0.6) is 0 Å². The predicted molar refractivity (Wildman–Crippen MR) is 69.8 cm³/mol. The first-order valence-electron chi connectivity index (χ1n) is 6.12. The van der Waals surface area contributed by atoms with E-state index in [9.17, 15) is 22.8 Å². The third-order valence-electron chi connectivity index (χ3n) is 2.83. The number of nitrogens with one attached hydrogen (secondary N) is 1. The zero-order chi connectivity index (χ0) is 16.2. The van der Waals surface area contributed by atoms with Crippen molar-refractivity contribution in [2.24, 2.45) is 11.5 Å². The molecule has 2 amide bonds. The second kappa shape index (κ2) is 6.57. The van der Waals surface area contributed by atoms with Crippen molar-refractivity contribution >= 4 is 11.8 Å². The number of hydrogen-bond donors (Lipinski definition) is 3. The van der Waals surface area contributed by atoms with E-state index in [0.29, 0.717) is 0 Å². The lowest BCUT2D eigenvalue weighted by molar-refractivity contribution is -0.137. The number of rotatable bonds is 5. The summed E-state index contributed by atoms with van der Waals surface area (Å²) in [5.74, 6) is -1.39. The monoisotopic (exact) mass is 303 g/mol. The maximum absolute atomic E-state index is 12.6. The molecule has 0 heterocycles. The number of primary amides is 1. The van der Waals surface area contributed by atoms with Crippen molar-refractivity contribution in [2.75, 3.05) is 0 Å². The summed E-state index contributed by atoms with van der Waals surface area (Å²) in [6.07, 6.45) is -4.79. The molecule has 8 heteroatoms. The summed E-state index contributed by atoms with van der Waals surface area (Å²) in [6.45, 7) is 1.52. The molecule has 0 radical (unpaired) electrons. The molecule has 0 saturated carbocycles. The van der Waals surface area contributed by atoms with Gasteiger partial charge in [0.1, 0.15) is 0 Å². The Morgan fingerprint density at radius 2 is 1.95 bits per heavy atom. The van der Waals surface area contributed by atoms with E-state index in [0.717, 1.165) is 12.1 Å². The Hall–Kier alpha value is -2.09. The molecule has 1 rings (SSSR count). The Morgan fingerprint density at radius 1 is 1.33 bits per heavy atom. The second-order valence-electron chi connectivity index (χ2n) is 4.63. The van der Waals surface area contributed by atoms with Crippen LogP contribution < -0.4 is 16.8 Å². The molecule has 0 saturated heterocycles. The number of hydrogen-bond acceptors (Lipinski definition) is 3. The van der Waals surface area contributed by atoms with Gasteiger partial charge >= 0.3 is 6.18 Å². The topological polar surface area (TPSA) is 98.2 Å². The van der Waals surface area contributed by atoms with E-state index in [4.69, 9.17) is 11.5 Å². The fourth-order valence-corrected chi connectivity index (χ4v) is 1.70. The molecule has 0 fully saturated rings. The minimum absolute atomic E-state index is 0.282. The standard InChI is InChI=1S/C13H16F3N3O2/c1-7(19-12(21)10(17)6-11(18)20)8-3-2-4-9(5-8)13(14,15)16/h2-5,7,10H,6,17H2,1H3,(H2,18,20)(H,19,21). The zero-order valence-corrected chi connectivity index (χ0v) is 11.3. The van der Waals surface area contributed by atoms with Gasteiger partial charge in [0.15, 0.2) is 0 Å². The fourth-order valence-electron chi connectivity index (χ4n) is 1.70. The molecule has 2 unspecified atom stereocenters. The van der Waals surface area contributed by atoms with Crippen LogP contribution in [0.15, 0.2) is 24.3 Å². The van der Waals surface area contributed by atoms with Crippen molar-refractivity contribution in [2.45, 2.75) is 31.6 Å². The van der Waals surface area contributed by atoms with E-state index in [1.807, 2.05) is 0 Å². The predicted octanol–water partition coefficient (Wildman–Crippen LogP) is 1.09. The summed E-state index contributed by atoms with van der Waals surface area (Å²) in [5.41, 5.74) is 9.85. The molecular formula is C13H16F3N3O2. The first-order chi connectivity index (χ1) is 9.61. The minimum atomic E-state index is -4.46. The van der Waals surface area contributed by atoms with Gasteiger partial charge < -0.3 is 16.8 Å². The highest BCUT2D eigenvalue weighted by atomic mass is 19.4. The summed E-state index contributed by atoms with van der Waals surface area (Å²) in [4.78, 5) is 22.3. The molecule has 0 bridgehead atoms. The van der Waals surface area contributed by atoms with Crippen molar-refractivity contribution in [3.8, 4) is 0 Å². The van der Waals surface area contributed by atoms with E-state index in [-0.39, 0.29) is 12.0 Å². The van der Waals surface area contributed by atoms with Gasteiger partial charge in [-0.2, -0.15) is 13.2 Å². The molecular weight excluding hydrogens is 287 g/mol. The number of nitrogens with two attached hydrogens (primary N) is 2. The Bertz CT molecular complexity index is 532. The maximum atomic E-state index is 12.6. The smallest absolute Gasteiger partial charge is 0.370 e. The molecule has 0 aliphatic rings. The van der Waals surface area contributed by atoms with Gasteiger partial charge in [-0.05, 0) is 24.6 Å². The summed E-state index contributed by atoms with van der Waals surface area (Å²) in [7, 11) is 0. The molecule has 0 aromatic heterocycles. The molecule has 2 atom stereocenters. The molecule has 1 aromatic rings. The van der Waals surface area contributed by atoms with Gasteiger partial charge in [-0.1, -0.05) is 12.1 Å². The number of halogens is 3. The highest BCUT2D eigenvalue weighted by Gasteiger charge is 2.30. The van der Waals surface area contributed by atoms with Gasteiger partial charge in [0, 0.05) is 0 Å². The number of benzene rings is 1. The Balaban J connectivity index is 2.78. The molecule has 0 aliphatic carbocycles. The molecule has 5 N–H and O–H groups in total. The van der Waals surface area contributed by atoms with Crippen LogP contribution in [0.1, 0.15) is 30.5 Å². The summed E-state index contributed by atoms with van der Waals surface area (Å²) in [5, 5.41) is 2.44. The molecule has 1 aromatic carbocycles. The largest absolute Gasteiger partial charge is 0.416 e. The molecule has 21 heavy (non-hydrogen) atoms. The second-order valence-corrected chi connectivity index (χ2v) is 4.63. The van der Waals surface area contributed by atoms with Gasteiger partial charge in [0.2, 0.25) is 11.8 Å². The van der Waals surface area contributed by atoms with Crippen LogP contribution in [0.2, 0.25) is 0 Å². The van der Waals surface area contributed by atoms with Crippen LogP contribution in [0.25, 0.3) is 0 Å². The lowest BCUT2D eigenvalue weighted by Crippen LogP contribution is -2.43. The fraction of sp³-hybridized carbons (Fsp3) is 0.385. The maximum Gasteiger partial charge on any atom is 0.416 e. The normalized spacial score (nSPS) is 14.3. The number of amides is 2. The van der Waals surface area contributed by atoms with E-state index in [1.54, 1.807) is 0 Å². The quantitative estimate of drug-likeness (QED) is 0.759. The summed E-state index contributed by atoms with van der Waals surface area (Å²) in [6, 6.07) is 2.79. The van der Waals surface area contributed by atoms with Crippen molar-refractivity contribution in [3.63, 3.8) is 0 Å². The van der Waals surface area contributed by atoms with Gasteiger partial charge in [-0.25, -0.2) is 0 Å². The number of alkyl halides is 3. The molecule has 0 aliphatic heterocycles. The van der Waals surface area contributed by atoms with Crippen LogP contribution in [-0.2, 0) is 15.8 Å². The molecule has 116 valence electrons. The summed E-state index contributed by atoms with van der Waals surface area (Å²) < 4.78 is 37.8. The van der Waals surface area contributed by atoms with Gasteiger partial charge in [0.05, 0.1) is 24.1 Å². The third kappa shape index (κ3) is 5.07. The Kier molecular flexibility index (Phi) is 5.31. The van der Waals surface area contributed by atoms with Crippen LogP contribution in [0.3, 0.4) is 0 Å². The average molecular weight is 303 g/mol. The Labute approximate surface area is 119 Å². The first kappa shape index (κ1) is 17.0. The lowest BCUT2D eigenvalue weighted by atomic mass is 10.0. The van der Waals surface area contributed by atoms with Crippen molar-refractivity contribution < 1.29 is 22.8 Å². The molecule has 0 spiro atoms. The van der Waals surface area contributed by atoms with Crippen LogP contribution >= 0.6 is 0 Å². The van der Waals surface area contributed by atoms with E-state index in [2.05, 4.69) is 5.32 Å². The average Bonchev–Trinajstić information content (AvgIpc) is 2.37. The van der Waals surface area contributed by atoms with E-state index >= 15 is 0 Å². The zero-order valence-electron chi connectivity index (χ0n) is 11.3. The highest BCUT2D eigenvalue weighted by Crippen LogP contribution is 2.30. The SMILES string of the molecule is CC(NC(=O)C(N)CC(N)=O)c1cccc(C(F)(F)F)c1. The highest BCUT2D eigenvalue weighted by molar-refractivity contribution is 5.87. The van der Waals surface area contributed by atoms with Gasteiger partial charge in [0.25, 0.3) is 0 Å². The van der Waals surface area contributed by atoms with Gasteiger partial charge in [-0.3, -0.25) is 9.59 Å². The lowest BCUT2D eigenvalue weighted by Gasteiger charge is -2.18. The number of carbonyl (C=O) groups excluding carboxylic acids is 2. The van der Waals surface area contributed by atoms with Crippen molar-refractivity contribution in [1.82, 2.24) is 5.32 Å². The van der Waals surface area contributed by atoms with Crippen molar-refractivity contribution in [1.29, 1.82) is 0 Å². The first-order valence-corrected chi connectivity index (χ1v) is 6.12.